The van der Waals surface area contributed by atoms with E-state index in [1.807, 2.05) is 18.7 Å². The summed E-state index contributed by atoms with van der Waals surface area (Å²) in [4.78, 5) is 28.0. The monoisotopic (exact) mass is 281 g/mol. The first-order chi connectivity index (χ1) is 9.60. The molecule has 2 aliphatic heterocycles. The summed E-state index contributed by atoms with van der Waals surface area (Å²) < 4.78 is 0. The third-order valence-corrected chi connectivity index (χ3v) is 4.82. The molecule has 0 radical (unpaired) electrons. The summed E-state index contributed by atoms with van der Waals surface area (Å²) in [5.41, 5.74) is 5.55. The maximum Gasteiger partial charge on any atom is 0.234 e. The number of carbonyl (C=O) groups is 2. The first-order valence-electron chi connectivity index (χ1n) is 7.94. The highest BCUT2D eigenvalue weighted by atomic mass is 16.2. The first-order valence-corrected chi connectivity index (χ1v) is 7.94. The second-order valence-corrected chi connectivity index (χ2v) is 5.92. The van der Waals surface area contributed by atoms with Crippen LogP contribution in [0.15, 0.2) is 0 Å². The lowest BCUT2D eigenvalue weighted by Gasteiger charge is -2.37. The van der Waals surface area contributed by atoms with E-state index in [0.717, 1.165) is 45.2 Å². The molecule has 2 heterocycles. The molecule has 0 aliphatic carbocycles. The molecular formula is C15H27N3O2. The van der Waals surface area contributed by atoms with Gasteiger partial charge in [0.25, 0.3) is 0 Å². The SMILES string of the molecule is CCC(=O)N1CCC[C@@H]1[C@@H]1CCCN1[C@H](CC)C(N)=O. The van der Waals surface area contributed by atoms with Crippen LogP contribution in [0.2, 0.25) is 0 Å². The van der Waals surface area contributed by atoms with Gasteiger partial charge in [0, 0.05) is 25.0 Å². The van der Waals surface area contributed by atoms with Gasteiger partial charge >= 0.3 is 0 Å². The zero-order chi connectivity index (χ0) is 14.7. The molecular weight excluding hydrogens is 254 g/mol. The van der Waals surface area contributed by atoms with E-state index in [0.29, 0.717) is 12.5 Å². The van der Waals surface area contributed by atoms with Crippen LogP contribution in [0.1, 0.15) is 52.4 Å². The second kappa shape index (κ2) is 6.57. The summed E-state index contributed by atoms with van der Waals surface area (Å²) in [6.45, 7) is 5.72. The molecule has 2 N–H and O–H groups in total. The number of hydrogen-bond donors (Lipinski definition) is 1. The zero-order valence-corrected chi connectivity index (χ0v) is 12.7. The minimum absolute atomic E-state index is 0.179. The molecule has 0 unspecified atom stereocenters. The fourth-order valence-corrected chi connectivity index (χ4v) is 3.92. The van der Waals surface area contributed by atoms with Gasteiger partial charge in [0.05, 0.1) is 6.04 Å². The van der Waals surface area contributed by atoms with Crippen molar-refractivity contribution in [2.24, 2.45) is 5.73 Å². The standard InChI is InChI=1S/C15H27N3O2/c1-3-11(15(16)20)17-9-5-7-12(17)13-8-6-10-18(13)14(19)4-2/h11-13H,3-10H2,1-2H3,(H2,16,20)/t11-,12+,13-/m1/s1. The Hall–Kier alpha value is -1.10. The Morgan fingerprint density at radius 2 is 1.80 bits per heavy atom. The average molecular weight is 281 g/mol. The smallest absolute Gasteiger partial charge is 0.234 e. The highest BCUT2D eigenvalue weighted by Gasteiger charge is 2.42. The predicted octanol–water partition coefficient (Wildman–Crippen LogP) is 1.12. The lowest BCUT2D eigenvalue weighted by Crippen LogP contribution is -2.54. The molecule has 2 saturated heterocycles. The Labute approximate surface area is 121 Å². The third kappa shape index (κ3) is 2.82. The minimum atomic E-state index is -0.231. The second-order valence-electron chi connectivity index (χ2n) is 5.92. The zero-order valence-electron chi connectivity index (χ0n) is 12.7. The highest BCUT2D eigenvalue weighted by molar-refractivity contribution is 5.80. The lowest BCUT2D eigenvalue weighted by molar-refractivity contribution is -0.133. The van der Waals surface area contributed by atoms with Crippen molar-refractivity contribution in [1.29, 1.82) is 0 Å². The van der Waals surface area contributed by atoms with E-state index >= 15 is 0 Å². The van der Waals surface area contributed by atoms with Crippen molar-refractivity contribution in [3.05, 3.63) is 0 Å². The van der Waals surface area contributed by atoms with Crippen LogP contribution < -0.4 is 5.73 Å². The van der Waals surface area contributed by atoms with Gasteiger partial charge in [-0.15, -0.1) is 0 Å². The molecule has 0 saturated carbocycles. The van der Waals surface area contributed by atoms with Gasteiger partial charge in [0.2, 0.25) is 11.8 Å². The van der Waals surface area contributed by atoms with Crippen LogP contribution in [0.3, 0.4) is 0 Å². The van der Waals surface area contributed by atoms with E-state index in [4.69, 9.17) is 5.73 Å². The van der Waals surface area contributed by atoms with Crippen molar-refractivity contribution < 1.29 is 9.59 Å². The molecule has 0 aromatic rings. The summed E-state index contributed by atoms with van der Waals surface area (Å²) in [5.74, 6) is 0.0113. The Kier molecular flexibility index (Phi) is 5.02. The van der Waals surface area contributed by atoms with E-state index in [9.17, 15) is 9.59 Å². The van der Waals surface area contributed by atoms with Gasteiger partial charge in [0.1, 0.15) is 0 Å². The van der Waals surface area contributed by atoms with Gasteiger partial charge in [0.15, 0.2) is 0 Å². The number of primary amides is 1. The summed E-state index contributed by atoms with van der Waals surface area (Å²) in [5, 5.41) is 0. The molecule has 3 atom stereocenters. The van der Waals surface area contributed by atoms with E-state index in [1.54, 1.807) is 0 Å². The molecule has 0 bridgehead atoms. The van der Waals surface area contributed by atoms with E-state index in [2.05, 4.69) is 4.90 Å². The topological polar surface area (TPSA) is 66.6 Å². The number of nitrogens with zero attached hydrogens (tertiary/aromatic N) is 2. The quantitative estimate of drug-likeness (QED) is 0.821. The Balaban J connectivity index is 2.13. The number of carbonyl (C=O) groups excluding carboxylic acids is 2. The van der Waals surface area contributed by atoms with E-state index < -0.39 is 0 Å². The fraction of sp³-hybridized carbons (Fsp3) is 0.867. The van der Waals surface area contributed by atoms with E-state index in [-0.39, 0.29) is 23.9 Å². The first kappa shape index (κ1) is 15.3. The number of likely N-dealkylation sites (tertiary alicyclic amines) is 2. The van der Waals surface area contributed by atoms with Crippen molar-refractivity contribution in [2.75, 3.05) is 13.1 Å². The molecule has 2 rings (SSSR count). The number of nitrogens with two attached hydrogens (primary N) is 1. The number of rotatable bonds is 5. The summed E-state index contributed by atoms with van der Waals surface area (Å²) in [7, 11) is 0. The predicted molar refractivity (Wildman–Crippen MR) is 78.0 cm³/mol. The largest absolute Gasteiger partial charge is 0.368 e. The molecule has 2 amide bonds. The fourth-order valence-electron chi connectivity index (χ4n) is 3.92. The Morgan fingerprint density at radius 3 is 2.40 bits per heavy atom. The van der Waals surface area contributed by atoms with Crippen molar-refractivity contribution in [2.45, 2.75) is 70.5 Å². The molecule has 0 aromatic carbocycles. The average Bonchev–Trinajstić information content (AvgIpc) is 3.06. The molecule has 2 fully saturated rings. The molecule has 0 spiro atoms. The molecule has 5 nitrogen and oxygen atoms in total. The van der Waals surface area contributed by atoms with Crippen LogP contribution in [0.5, 0.6) is 0 Å². The maximum atomic E-state index is 12.1. The van der Waals surface area contributed by atoms with Crippen LogP contribution in [-0.4, -0.2) is 52.8 Å². The third-order valence-electron chi connectivity index (χ3n) is 4.82. The van der Waals surface area contributed by atoms with Gasteiger partial charge in [-0.05, 0) is 38.6 Å². The van der Waals surface area contributed by atoms with Gasteiger partial charge in [-0.3, -0.25) is 14.5 Å². The normalized spacial score (nSPS) is 28.8. The maximum absolute atomic E-state index is 12.1. The van der Waals surface area contributed by atoms with Gasteiger partial charge < -0.3 is 10.6 Å². The van der Waals surface area contributed by atoms with Gasteiger partial charge in [-0.1, -0.05) is 13.8 Å². The van der Waals surface area contributed by atoms with Gasteiger partial charge in [-0.2, -0.15) is 0 Å². The highest BCUT2D eigenvalue weighted by Crippen LogP contribution is 2.32. The summed E-state index contributed by atoms with van der Waals surface area (Å²) in [6, 6.07) is 0.408. The van der Waals surface area contributed by atoms with Crippen LogP contribution in [0.25, 0.3) is 0 Å². The summed E-state index contributed by atoms with van der Waals surface area (Å²) >= 11 is 0. The molecule has 114 valence electrons. The minimum Gasteiger partial charge on any atom is -0.368 e. The van der Waals surface area contributed by atoms with E-state index in [1.165, 1.54) is 0 Å². The Bertz CT molecular complexity index is 372. The van der Waals surface area contributed by atoms with Crippen molar-refractivity contribution in [1.82, 2.24) is 9.80 Å². The molecule has 2 aliphatic rings. The Morgan fingerprint density at radius 1 is 1.15 bits per heavy atom. The van der Waals surface area contributed by atoms with Crippen molar-refractivity contribution >= 4 is 11.8 Å². The van der Waals surface area contributed by atoms with Crippen LogP contribution in [0, 0.1) is 0 Å². The number of hydrogen-bond acceptors (Lipinski definition) is 3. The van der Waals surface area contributed by atoms with Crippen LogP contribution in [0.4, 0.5) is 0 Å². The molecule has 0 aromatic heterocycles. The number of amides is 2. The lowest BCUT2D eigenvalue weighted by atomic mass is 10.0. The summed E-state index contributed by atoms with van der Waals surface area (Å²) in [6.07, 6.45) is 5.62. The van der Waals surface area contributed by atoms with Crippen molar-refractivity contribution in [3.63, 3.8) is 0 Å². The van der Waals surface area contributed by atoms with Crippen LogP contribution in [-0.2, 0) is 9.59 Å². The van der Waals surface area contributed by atoms with Gasteiger partial charge in [-0.25, -0.2) is 0 Å². The van der Waals surface area contributed by atoms with Crippen molar-refractivity contribution in [3.8, 4) is 0 Å². The molecule has 20 heavy (non-hydrogen) atoms. The molecule has 5 heteroatoms. The van der Waals surface area contributed by atoms with Crippen LogP contribution >= 0.6 is 0 Å².